The lowest BCUT2D eigenvalue weighted by Crippen LogP contribution is -2.37. The van der Waals surface area contributed by atoms with Crippen LogP contribution in [0, 0.1) is 11.8 Å². The van der Waals surface area contributed by atoms with Crippen molar-refractivity contribution in [1.82, 2.24) is 0 Å². The Morgan fingerprint density at radius 3 is 2.00 bits per heavy atom. The molecule has 1 saturated carbocycles. The van der Waals surface area contributed by atoms with Gasteiger partial charge in [-0.3, -0.25) is 0 Å². The van der Waals surface area contributed by atoms with Gasteiger partial charge >= 0.3 is 6.18 Å². The van der Waals surface area contributed by atoms with Gasteiger partial charge in [-0.1, -0.05) is 0 Å². The largest absolute Gasteiger partial charge is 0.391 e. The maximum absolute atomic E-state index is 12.4. The van der Waals surface area contributed by atoms with E-state index in [-0.39, 0.29) is 18.8 Å². The Kier molecular flexibility index (Phi) is 2.48. The van der Waals surface area contributed by atoms with Gasteiger partial charge in [0.1, 0.15) is 0 Å². The SMILES string of the molecule is NCC1(C2CCC(C(F)(F)F)CC2)N=N1. The summed E-state index contributed by atoms with van der Waals surface area (Å²) in [5.74, 6) is -1.01. The average Bonchev–Trinajstić information content (AvgIpc) is 2.97. The number of nitrogens with zero attached hydrogens (tertiary/aromatic N) is 2. The van der Waals surface area contributed by atoms with Crippen LogP contribution in [0.1, 0.15) is 25.7 Å². The van der Waals surface area contributed by atoms with Crippen LogP contribution in [0.5, 0.6) is 0 Å². The molecule has 0 radical (unpaired) electrons. The fourth-order valence-electron chi connectivity index (χ4n) is 2.36. The summed E-state index contributed by atoms with van der Waals surface area (Å²) in [4.78, 5) is 0. The number of halogens is 3. The third-order valence-electron chi connectivity index (χ3n) is 3.50. The van der Waals surface area contributed by atoms with Gasteiger partial charge in [0.15, 0.2) is 0 Å². The summed E-state index contributed by atoms with van der Waals surface area (Å²) in [5.41, 5.74) is 4.99. The predicted octanol–water partition coefficient (Wildman–Crippen LogP) is 2.48. The van der Waals surface area contributed by atoms with E-state index >= 15 is 0 Å². The van der Waals surface area contributed by atoms with Gasteiger partial charge in [-0.15, -0.1) is 0 Å². The number of rotatable bonds is 2. The van der Waals surface area contributed by atoms with Crippen LogP contribution in [0.4, 0.5) is 13.2 Å². The minimum absolute atomic E-state index is 0.126. The van der Waals surface area contributed by atoms with Crippen molar-refractivity contribution in [2.24, 2.45) is 27.8 Å². The molecule has 1 aliphatic heterocycles. The van der Waals surface area contributed by atoms with Crippen molar-refractivity contribution in [3.8, 4) is 0 Å². The van der Waals surface area contributed by atoms with E-state index in [4.69, 9.17) is 5.73 Å². The number of alkyl halides is 3. The summed E-state index contributed by atoms with van der Waals surface area (Å²) in [7, 11) is 0. The van der Waals surface area contributed by atoms with Gasteiger partial charge in [0.05, 0.1) is 5.92 Å². The van der Waals surface area contributed by atoms with Crippen LogP contribution in [0.3, 0.4) is 0 Å². The molecule has 15 heavy (non-hydrogen) atoms. The zero-order chi connectivity index (χ0) is 11.1. The lowest BCUT2D eigenvalue weighted by Gasteiger charge is -2.31. The van der Waals surface area contributed by atoms with E-state index in [0.717, 1.165) is 0 Å². The first-order valence-electron chi connectivity index (χ1n) is 5.19. The van der Waals surface area contributed by atoms with Crippen molar-refractivity contribution in [2.45, 2.75) is 37.5 Å². The first-order chi connectivity index (χ1) is 6.98. The first-order valence-corrected chi connectivity index (χ1v) is 5.19. The fraction of sp³-hybridized carbons (Fsp3) is 1.00. The van der Waals surface area contributed by atoms with Crippen LogP contribution < -0.4 is 5.73 Å². The van der Waals surface area contributed by atoms with Crippen molar-refractivity contribution in [1.29, 1.82) is 0 Å². The smallest absolute Gasteiger partial charge is 0.326 e. The molecule has 0 unspecified atom stereocenters. The molecule has 0 atom stereocenters. The van der Waals surface area contributed by atoms with E-state index in [0.29, 0.717) is 19.4 Å². The Morgan fingerprint density at radius 2 is 1.67 bits per heavy atom. The Labute approximate surface area is 85.9 Å². The van der Waals surface area contributed by atoms with Gasteiger partial charge in [0.2, 0.25) is 5.66 Å². The average molecular weight is 221 g/mol. The molecule has 0 bridgehead atoms. The maximum atomic E-state index is 12.4. The van der Waals surface area contributed by atoms with E-state index in [1.165, 1.54) is 0 Å². The first kappa shape index (κ1) is 10.9. The molecule has 1 heterocycles. The van der Waals surface area contributed by atoms with Crippen LogP contribution in [0.15, 0.2) is 10.2 Å². The molecule has 1 fully saturated rings. The maximum Gasteiger partial charge on any atom is 0.391 e. The van der Waals surface area contributed by atoms with Crippen LogP contribution in [0.2, 0.25) is 0 Å². The van der Waals surface area contributed by atoms with Gasteiger partial charge in [-0.2, -0.15) is 23.4 Å². The molecule has 0 aromatic heterocycles. The fourth-order valence-corrected chi connectivity index (χ4v) is 2.36. The minimum Gasteiger partial charge on any atom is -0.326 e. The predicted molar refractivity (Wildman–Crippen MR) is 48.1 cm³/mol. The molecular weight excluding hydrogens is 207 g/mol. The molecule has 2 rings (SSSR count). The molecule has 2 aliphatic rings. The lowest BCUT2D eigenvalue weighted by molar-refractivity contribution is -0.184. The van der Waals surface area contributed by atoms with Crippen LogP contribution >= 0.6 is 0 Å². The molecule has 0 aromatic carbocycles. The molecule has 3 nitrogen and oxygen atoms in total. The van der Waals surface area contributed by atoms with Gasteiger partial charge < -0.3 is 5.73 Å². The molecule has 1 aliphatic carbocycles. The number of nitrogens with two attached hydrogens (primary N) is 1. The van der Waals surface area contributed by atoms with Crippen molar-refractivity contribution < 1.29 is 13.2 Å². The van der Waals surface area contributed by atoms with Crippen LogP contribution in [0.25, 0.3) is 0 Å². The summed E-state index contributed by atoms with van der Waals surface area (Å²) in [6.45, 7) is 0.328. The monoisotopic (exact) mass is 221 g/mol. The topological polar surface area (TPSA) is 50.7 Å². The molecule has 86 valence electrons. The van der Waals surface area contributed by atoms with E-state index in [2.05, 4.69) is 10.2 Å². The molecule has 6 heteroatoms. The Morgan fingerprint density at radius 1 is 1.13 bits per heavy atom. The van der Waals surface area contributed by atoms with Gasteiger partial charge in [-0.25, -0.2) is 0 Å². The highest BCUT2D eigenvalue weighted by Gasteiger charge is 2.50. The second-order valence-corrected chi connectivity index (χ2v) is 4.37. The number of hydrogen-bond acceptors (Lipinski definition) is 3. The van der Waals surface area contributed by atoms with Gasteiger partial charge in [0, 0.05) is 12.5 Å². The Balaban J connectivity index is 1.88. The zero-order valence-electron chi connectivity index (χ0n) is 8.30. The number of hydrogen-bond donors (Lipinski definition) is 1. The van der Waals surface area contributed by atoms with Crippen molar-refractivity contribution >= 4 is 0 Å². The second-order valence-electron chi connectivity index (χ2n) is 4.37. The summed E-state index contributed by atoms with van der Waals surface area (Å²) in [6, 6.07) is 0. The second kappa shape index (κ2) is 3.43. The third-order valence-corrected chi connectivity index (χ3v) is 3.50. The molecular formula is C9H14F3N3. The van der Waals surface area contributed by atoms with E-state index in [1.54, 1.807) is 0 Å². The third kappa shape index (κ3) is 2.00. The highest BCUT2D eigenvalue weighted by molar-refractivity contribution is 5.01. The highest BCUT2D eigenvalue weighted by Crippen LogP contribution is 2.47. The summed E-state index contributed by atoms with van der Waals surface area (Å²) in [6.07, 6.45) is -2.58. The van der Waals surface area contributed by atoms with E-state index < -0.39 is 17.8 Å². The molecule has 2 N–H and O–H groups in total. The summed E-state index contributed by atoms with van der Waals surface area (Å²) >= 11 is 0. The minimum atomic E-state index is -4.04. The van der Waals surface area contributed by atoms with Crippen molar-refractivity contribution in [3.05, 3.63) is 0 Å². The molecule has 0 aromatic rings. The standard InChI is InChI=1S/C9H14F3N3/c10-9(11,12)7-3-1-6(2-4-7)8(5-13)14-15-8/h6-7H,1-5,13H2. The lowest BCUT2D eigenvalue weighted by atomic mass is 9.76. The van der Waals surface area contributed by atoms with Gasteiger partial charge in [-0.05, 0) is 25.7 Å². The molecule has 0 amide bonds. The van der Waals surface area contributed by atoms with E-state index in [1.807, 2.05) is 0 Å². The Hall–Kier alpha value is -0.650. The van der Waals surface area contributed by atoms with Gasteiger partial charge in [0.25, 0.3) is 0 Å². The van der Waals surface area contributed by atoms with Crippen LogP contribution in [-0.2, 0) is 0 Å². The van der Waals surface area contributed by atoms with Crippen LogP contribution in [-0.4, -0.2) is 18.4 Å². The highest BCUT2D eigenvalue weighted by atomic mass is 19.4. The summed E-state index contributed by atoms with van der Waals surface area (Å²) in [5, 5.41) is 7.76. The molecule has 0 saturated heterocycles. The van der Waals surface area contributed by atoms with Crippen molar-refractivity contribution in [3.63, 3.8) is 0 Å². The molecule has 0 spiro atoms. The van der Waals surface area contributed by atoms with Crippen molar-refractivity contribution in [2.75, 3.05) is 6.54 Å². The zero-order valence-corrected chi connectivity index (χ0v) is 8.30. The Bertz CT molecular complexity index is 260. The van der Waals surface area contributed by atoms with E-state index in [9.17, 15) is 13.2 Å². The quantitative estimate of drug-likeness (QED) is 0.765. The normalized spacial score (nSPS) is 34.1. The summed E-state index contributed by atoms with van der Waals surface area (Å²) < 4.78 is 37.2.